The number of alkyl halides is 3. The van der Waals surface area contributed by atoms with Crippen LogP contribution in [0.2, 0.25) is 0 Å². The highest BCUT2D eigenvalue weighted by Gasteiger charge is 2.30. The van der Waals surface area contributed by atoms with Gasteiger partial charge in [0.25, 0.3) is 5.91 Å². The number of carbonyl (C=O) groups is 1. The van der Waals surface area contributed by atoms with Gasteiger partial charge >= 0.3 is 6.18 Å². The molecule has 0 aliphatic heterocycles. The minimum atomic E-state index is -4.50. The van der Waals surface area contributed by atoms with E-state index in [1.807, 2.05) is 0 Å². The molecule has 0 bridgehead atoms. The molecule has 27 heavy (non-hydrogen) atoms. The van der Waals surface area contributed by atoms with Gasteiger partial charge in [0, 0.05) is 31.9 Å². The molecular formula is C17H20ClF3N4O2. The van der Waals surface area contributed by atoms with Crippen molar-refractivity contribution in [3.05, 3.63) is 57.5 Å². The van der Waals surface area contributed by atoms with Crippen molar-refractivity contribution in [1.29, 1.82) is 0 Å². The Hall–Kier alpha value is -2.39. The zero-order chi connectivity index (χ0) is 19.5. The van der Waals surface area contributed by atoms with Crippen molar-refractivity contribution in [3.63, 3.8) is 0 Å². The molecule has 0 atom stereocenters. The van der Waals surface area contributed by atoms with Gasteiger partial charge < -0.3 is 10.2 Å². The third-order valence-electron chi connectivity index (χ3n) is 3.77. The van der Waals surface area contributed by atoms with E-state index in [4.69, 9.17) is 0 Å². The van der Waals surface area contributed by atoms with Crippen LogP contribution in [0.25, 0.3) is 5.69 Å². The fourth-order valence-electron chi connectivity index (χ4n) is 2.33. The fraction of sp³-hybridized carbons (Fsp3) is 0.353. The van der Waals surface area contributed by atoms with Crippen molar-refractivity contribution in [3.8, 4) is 5.69 Å². The maximum atomic E-state index is 12.9. The highest BCUT2D eigenvalue weighted by molar-refractivity contribution is 5.91. The van der Waals surface area contributed by atoms with E-state index in [0.717, 1.165) is 16.8 Å². The van der Waals surface area contributed by atoms with Crippen molar-refractivity contribution in [2.24, 2.45) is 0 Å². The monoisotopic (exact) mass is 404 g/mol. The smallest absolute Gasteiger partial charge is 0.339 e. The second-order valence-corrected chi connectivity index (χ2v) is 5.79. The molecule has 1 aromatic carbocycles. The number of aryl methyl sites for hydroxylation is 1. The van der Waals surface area contributed by atoms with Crippen LogP contribution in [-0.2, 0) is 6.18 Å². The topological polar surface area (TPSA) is 67.2 Å². The standard InChI is InChI=1S/C17H19F3N4O2.ClH/c1-11-9-14(25)15(16(26)23(3)8-7-21-2)22-24(11)13-6-4-5-12(10-13)17(18,19)20;/h4-6,9-10,21H,7-8H2,1-3H3;1H. The minimum absolute atomic E-state index is 0. The molecule has 0 fully saturated rings. The van der Waals surface area contributed by atoms with Crippen LogP contribution in [0.15, 0.2) is 35.1 Å². The van der Waals surface area contributed by atoms with Crippen LogP contribution in [0, 0.1) is 6.92 Å². The lowest BCUT2D eigenvalue weighted by molar-refractivity contribution is -0.137. The second kappa shape index (κ2) is 9.01. The molecule has 1 N–H and O–H groups in total. The van der Waals surface area contributed by atoms with Gasteiger partial charge in [-0.25, -0.2) is 4.68 Å². The number of amides is 1. The van der Waals surface area contributed by atoms with Gasteiger partial charge in [-0.1, -0.05) is 6.07 Å². The highest BCUT2D eigenvalue weighted by Crippen LogP contribution is 2.30. The molecule has 6 nitrogen and oxygen atoms in total. The normalized spacial score (nSPS) is 11.0. The summed E-state index contributed by atoms with van der Waals surface area (Å²) in [5.41, 5.74) is -1.32. The Morgan fingerprint density at radius 1 is 1.30 bits per heavy atom. The first-order valence-corrected chi connectivity index (χ1v) is 7.84. The maximum Gasteiger partial charge on any atom is 0.416 e. The van der Waals surface area contributed by atoms with Crippen LogP contribution in [0.5, 0.6) is 0 Å². The van der Waals surface area contributed by atoms with E-state index in [1.165, 1.54) is 37.1 Å². The lowest BCUT2D eigenvalue weighted by atomic mass is 10.2. The Balaban J connectivity index is 0.00000364. The fourth-order valence-corrected chi connectivity index (χ4v) is 2.33. The van der Waals surface area contributed by atoms with Crippen LogP contribution < -0.4 is 10.7 Å². The molecule has 2 rings (SSSR count). The summed E-state index contributed by atoms with van der Waals surface area (Å²) in [7, 11) is 3.25. The number of carbonyl (C=O) groups excluding carboxylic acids is 1. The molecule has 1 amide bonds. The van der Waals surface area contributed by atoms with E-state index in [1.54, 1.807) is 7.05 Å². The highest BCUT2D eigenvalue weighted by atomic mass is 35.5. The lowest BCUT2D eigenvalue weighted by Gasteiger charge is -2.18. The first-order valence-electron chi connectivity index (χ1n) is 7.84. The number of nitrogens with zero attached hydrogens (tertiary/aromatic N) is 3. The molecule has 0 spiro atoms. The Kier molecular flexibility index (Phi) is 7.55. The summed E-state index contributed by atoms with van der Waals surface area (Å²) >= 11 is 0. The van der Waals surface area contributed by atoms with Crippen LogP contribution in [0.1, 0.15) is 21.7 Å². The van der Waals surface area contributed by atoms with E-state index >= 15 is 0 Å². The van der Waals surface area contributed by atoms with Crippen LogP contribution in [0.3, 0.4) is 0 Å². The summed E-state index contributed by atoms with van der Waals surface area (Å²) in [6.07, 6.45) is -4.50. The Morgan fingerprint density at radius 3 is 2.56 bits per heavy atom. The average molecular weight is 405 g/mol. The molecule has 0 unspecified atom stereocenters. The number of benzene rings is 1. The van der Waals surface area contributed by atoms with Gasteiger partial charge in [0.05, 0.1) is 11.3 Å². The molecule has 148 valence electrons. The van der Waals surface area contributed by atoms with Gasteiger partial charge in [0.1, 0.15) is 0 Å². The predicted molar refractivity (Wildman–Crippen MR) is 97.7 cm³/mol. The van der Waals surface area contributed by atoms with Crippen LogP contribution in [0.4, 0.5) is 13.2 Å². The molecule has 10 heteroatoms. The van der Waals surface area contributed by atoms with Crippen molar-refractivity contribution >= 4 is 18.3 Å². The minimum Gasteiger partial charge on any atom is -0.339 e. The summed E-state index contributed by atoms with van der Waals surface area (Å²) in [6.45, 7) is 2.41. The number of hydrogen-bond donors (Lipinski definition) is 1. The third-order valence-corrected chi connectivity index (χ3v) is 3.77. The zero-order valence-corrected chi connectivity index (χ0v) is 15.8. The number of hydrogen-bond acceptors (Lipinski definition) is 4. The summed E-state index contributed by atoms with van der Waals surface area (Å²) < 4.78 is 40.0. The SMILES string of the molecule is CNCCN(C)C(=O)c1nn(-c2cccc(C(F)(F)F)c2)c(C)cc1=O.Cl. The van der Waals surface area contributed by atoms with E-state index in [0.29, 0.717) is 18.8 Å². The molecule has 0 aliphatic carbocycles. The van der Waals surface area contributed by atoms with E-state index in [9.17, 15) is 22.8 Å². The van der Waals surface area contributed by atoms with E-state index in [-0.39, 0.29) is 23.8 Å². The summed E-state index contributed by atoms with van der Waals surface area (Å²) in [4.78, 5) is 25.9. The molecule has 1 aromatic heterocycles. The number of likely N-dealkylation sites (N-methyl/N-ethyl adjacent to an activating group) is 2. The maximum absolute atomic E-state index is 12.9. The van der Waals surface area contributed by atoms with Crippen molar-refractivity contribution < 1.29 is 18.0 Å². The molecule has 0 aliphatic rings. The van der Waals surface area contributed by atoms with Gasteiger partial charge in [0.2, 0.25) is 5.43 Å². The molecule has 2 aromatic rings. The van der Waals surface area contributed by atoms with Crippen LogP contribution >= 0.6 is 12.4 Å². The Labute approximate surface area is 160 Å². The van der Waals surface area contributed by atoms with E-state index in [2.05, 4.69) is 10.4 Å². The van der Waals surface area contributed by atoms with Gasteiger partial charge in [-0.05, 0) is 32.2 Å². The van der Waals surface area contributed by atoms with Crippen molar-refractivity contribution in [1.82, 2.24) is 20.0 Å². The number of aromatic nitrogens is 2. The van der Waals surface area contributed by atoms with Crippen molar-refractivity contribution in [2.75, 3.05) is 27.2 Å². The largest absolute Gasteiger partial charge is 0.416 e. The number of rotatable bonds is 5. The first-order chi connectivity index (χ1) is 12.1. The van der Waals surface area contributed by atoms with Gasteiger partial charge in [-0.2, -0.15) is 18.3 Å². The second-order valence-electron chi connectivity index (χ2n) is 5.79. The summed E-state index contributed by atoms with van der Waals surface area (Å²) in [6, 6.07) is 5.73. The van der Waals surface area contributed by atoms with Gasteiger partial charge in [-0.3, -0.25) is 9.59 Å². The average Bonchev–Trinajstić information content (AvgIpc) is 2.58. The van der Waals surface area contributed by atoms with Gasteiger partial charge in [0.15, 0.2) is 5.69 Å². The summed E-state index contributed by atoms with van der Waals surface area (Å²) in [5, 5.41) is 6.90. The quantitative estimate of drug-likeness (QED) is 0.830. The summed E-state index contributed by atoms with van der Waals surface area (Å²) in [5.74, 6) is -0.592. The Bertz CT molecular complexity index is 868. The Morgan fingerprint density at radius 2 is 1.96 bits per heavy atom. The number of halogens is 4. The first kappa shape index (κ1) is 22.7. The van der Waals surface area contributed by atoms with Gasteiger partial charge in [-0.15, -0.1) is 12.4 Å². The number of nitrogens with one attached hydrogen (secondary N) is 1. The molecule has 0 radical (unpaired) electrons. The van der Waals surface area contributed by atoms with Crippen molar-refractivity contribution in [2.45, 2.75) is 13.1 Å². The molecule has 0 saturated carbocycles. The molecule has 1 heterocycles. The van der Waals surface area contributed by atoms with E-state index < -0.39 is 23.1 Å². The molecular weight excluding hydrogens is 385 g/mol. The van der Waals surface area contributed by atoms with Crippen LogP contribution in [-0.4, -0.2) is 47.8 Å². The predicted octanol–water partition coefficient (Wildman–Crippen LogP) is 2.27. The lowest BCUT2D eigenvalue weighted by Crippen LogP contribution is -2.37. The zero-order valence-electron chi connectivity index (χ0n) is 15.0. The third kappa shape index (κ3) is 5.30. The molecule has 0 saturated heterocycles.